The molecule has 1 aliphatic heterocycles. The van der Waals surface area contributed by atoms with Crippen molar-refractivity contribution in [2.24, 2.45) is 0 Å². The lowest BCUT2D eigenvalue weighted by Crippen LogP contribution is -2.40. The largest absolute Gasteiger partial charge is 0.486 e. The molecule has 0 bridgehead atoms. The summed E-state index contributed by atoms with van der Waals surface area (Å²) in [4.78, 5) is 26.4. The zero-order valence-corrected chi connectivity index (χ0v) is 18.8. The van der Waals surface area contributed by atoms with Crippen LogP contribution in [-0.2, 0) is 17.8 Å². The third-order valence-corrected chi connectivity index (χ3v) is 5.74. The van der Waals surface area contributed by atoms with E-state index in [0.717, 1.165) is 23.1 Å². The topological polar surface area (TPSA) is 71.8 Å². The number of benzene rings is 2. The molecule has 1 atom stereocenters. The molecule has 1 aliphatic rings. The highest BCUT2D eigenvalue weighted by molar-refractivity contribution is 5.91. The maximum absolute atomic E-state index is 14.0. The Morgan fingerprint density at radius 3 is 2.76 bits per heavy atom. The van der Waals surface area contributed by atoms with Gasteiger partial charge in [0.05, 0.1) is 6.04 Å². The highest BCUT2D eigenvalue weighted by atomic mass is 19.1. The Hall–Kier alpha value is -3.61. The number of amides is 2. The second kappa shape index (κ2) is 9.90. The summed E-state index contributed by atoms with van der Waals surface area (Å²) in [5.74, 6) is 0.790. The minimum absolute atomic E-state index is 0.0229. The van der Waals surface area contributed by atoms with Crippen LogP contribution in [0, 0.1) is 5.82 Å². The van der Waals surface area contributed by atoms with Crippen LogP contribution in [0.15, 0.2) is 59.0 Å². The quantitative estimate of drug-likeness (QED) is 0.570. The van der Waals surface area contributed by atoms with E-state index in [4.69, 9.17) is 9.15 Å². The lowest BCUT2D eigenvalue weighted by atomic mass is 9.87. The molecular formula is C26H27FN2O4. The van der Waals surface area contributed by atoms with E-state index < -0.39 is 0 Å². The number of halogens is 1. The van der Waals surface area contributed by atoms with E-state index in [1.54, 1.807) is 18.2 Å². The molecule has 0 saturated heterocycles. The minimum Gasteiger partial charge on any atom is -0.486 e. The van der Waals surface area contributed by atoms with Gasteiger partial charge in [-0.15, -0.1) is 0 Å². The molecule has 2 amide bonds. The smallest absolute Gasteiger partial charge is 0.286 e. The maximum atomic E-state index is 14.0. The molecule has 0 aliphatic carbocycles. The number of hydrogen-bond donors (Lipinski definition) is 1. The van der Waals surface area contributed by atoms with Crippen LogP contribution in [0.4, 0.5) is 4.39 Å². The van der Waals surface area contributed by atoms with Crippen molar-refractivity contribution in [3.05, 3.63) is 88.6 Å². The number of carbonyl (C=O) groups is 2. The fraction of sp³-hybridized carbons (Fsp3) is 0.308. The van der Waals surface area contributed by atoms with E-state index in [1.807, 2.05) is 43.0 Å². The van der Waals surface area contributed by atoms with Crippen LogP contribution < -0.4 is 10.1 Å². The second-order valence-corrected chi connectivity index (χ2v) is 7.92. The van der Waals surface area contributed by atoms with Gasteiger partial charge >= 0.3 is 0 Å². The number of rotatable bonds is 7. The van der Waals surface area contributed by atoms with Crippen molar-refractivity contribution in [3.8, 4) is 5.75 Å². The van der Waals surface area contributed by atoms with Gasteiger partial charge in [0, 0.05) is 19.5 Å². The Morgan fingerprint density at radius 2 is 2.00 bits per heavy atom. The fourth-order valence-corrected chi connectivity index (χ4v) is 4.17. The van der Waals surface area contributed by atoms with E-state index in [2.05, 4.69) is 5.32 Å². The number of furan rings is 1. The molecule has 4 rings (SSSR count). The zero-order valence-electron chi connectivity index (χ0n) is 18.8. The van der Waals surface area contributed by atoms with Crippen LogP contribution in [0.25, 0.3) is 0 Å². The molecule has 172 valence electrons. The number of hydrogen-bond acceptors (Lipinski definition) is 4. The molecule has 0 saturated carbocycles. The predicted octanol–water partition coefficient (Wildman–Crippen LogP) is 4.63. The molecule has 1 unspecified atom stereocenters. The van der Waals surface area contributed by atoms with Crippen molar-refractivity contribution in [2.45, 2.75) is 39.3 Å². The van der Waals surface area contributed by atoms with E-state index in [0.29, 0.717) is 31.0 Å². The van der Waals surface area contributed by atoms with Gasteiger partial charge in [0.15, 0.2) is 5.76 Å². The monoisotopic (exact) mass is 450 g/mol. The Bertz CT molecular complexity index is 1160. The first-order chi connectivity index (χ1) is 16.0. The molecule has 7 heteroatoms. The predicted molar refractivity (Wildman–Crippen MR) is 121 cm³/mol. The highest BCUT2D eigenvalue weighted by Crippen LogP contribution is 2.37. The molecular weight excluding hydrogens is 423 g/mol. The van der Waals surface area contributed by atoms with Crippen molar-refractivity contribution in [2.75, 3.05) is 13.1 Å². The highest BCUT2D eigenvalue weighted by Gasteiger charge is 2.32. The number of ether oxygens (including phenoxy) is 1. The third kappa shape index (κ3) is 4.92. The van der Waals surface area contributed by atoms with Crippen molar-refractivity contribution in [3.63, 3.8) is 0 Å². The summed E-state index contributed by atoms with van der Waals surface area (Å²) >= 11 is 0. The molecule has 2 heterocycles. The second-order valence-electron chi connectivity index (χ2n) is 7.92. The first-order valence-electron chi connectivity index (χ1n) is 11.2. The van der Waals surface area contributed by atoms with E-state index in [1.165, 1.54) is 12.1 Å². The van der Waals surface area contributed by atoms with Gasteiger partial charge in [-0.3, -0.25) is 9.59 Å². The summed E-state index contributed by atoms with van der Waals surface area (Å²) in [6.07, 6.45) is 1.10. The van der Waals surface area contributed by atoms with Gasteiger partial charge in [-0.2, -0.15) is 0 Å². The molecule has 33 heavy (non-hydrogen) atoms. The van der Waals surface area contributed by atoms with E-state index in [-0.39, 0.29) is 36.0 Å². The summed E-state index contributed by atoms with van der Waals surface area (Å²) in [5.41, 5.74) is 2.76. The molecule has 3 aromatic rings. The van der Waals surface area contributed by atoms with Crippen LogP contribution in [0.2, 0.25) is 0 Å². The van der Waals surface area contributed by atoms with Crippen molar-refractivity contribution in [1.82, 2.24) is 10.2 Å². The number of nitrogens with one attached hydrogen (secondary N) is 1. The standard InChI is InChI=1S/C26H27FN2O4/c1-3-24(30)29-13-12-17-8-9-20(15-22(17)25(29)18-6-5-7-19(27)14-18)32-16-21-10-11-23(33-21)26(31)28-4-2/h5-11,14-15,25H,3-4,12-13,16H2,1-2H3,(H,28,31). The lowest BCUT2D eigenvalue weighted by molar-refractivity contribution is -0.132. The summed E-state index contributed by atoms with van der Waals surface area (Å²) in [7, 11) is 0. The SMILES string of the molecule is CCNC(=O)c1ccc(COc2ccc3c(c2)C(c2cccc(F)c2)N(C(=O)CC)CC3)o1. The summed E-state index contributed by atoms with van der Waals surface area (Å²) in [5, 5.41) is 2.69. The summed E-state index contributed by atoms with van der Waals surface area (Å²) < 4.78 is 25.5. The number of fused-ring (bicyclic) bond motifs is 1. The Morgan fingerprint density at radius 1 is 1.15 bits per heavy atom. The minimum atomic E-state index is -0.381. The number of nitrogens with zero attached hydrogens (tertiary/aromatic N) is 1. The Labute approximate surface area is 192 Å². The molecule has 0 radical (unpaired) electrons. The molecule has 0 fully saturated rings. The van der Waals surface area contributed by atoms with Gasteiger partial charge in [-0.25, -0.2) is 4.39 Å². The zero-order chi connectivity index (χ0) is 23.4. The van der Waals surface area contributed by atoms with Crippen LogP contribution in [0.3, 0.4) is 0 Å². The molecule has 6 nitrogen and oxygen atoms in total. The van der Waals surface area contributed by atoms with Crippen LogP contribution in [0.1, 0.15) is 59.3 Å². The van der Waals surface area contributed by atoms with Crippen LogP contribution >= 0.6 is 0 Å². The van der Waals surface area contributed by atoms with Crippen molar-refractivity contribution < 1.29 is 23.1 Å². The first-order valence-corrected chi connectivity index (χ1v) is 11.2. The van der Waals surface area contributed by atoms with Crippen LogP contribution in [-0.4, -0.2) is 29.8 Å². The maximum Gasteiger partial charge on any atom is 0.286 e. The molecule has 0 spiro atoms. The average molecular weight is 451 g/mol. The summed E-state index contributed by atoms with van der Waals surface area (Å²) in [6, 6.07) is 15.1. The van der Waals surface area contributed by atoms with Crippen LogP contribution in [0.5, 0.6) is 5.75 Å². The van der Waals surface area contributed by atoms with Gasteiger partial charge in [-0.05, 0) is 66.4 Å². The lowest BCUT2D eigenvalue weighted by Gasteiger charge is -2.38. The molecule has 1 N–H and O–H groups in total. The number of carbonyl (C=O) groups excluding carboxylic acids is 2. The summed E-state index contributed by atoms with van der Waals surface area (Å²) in [6.45, 7) is 4.92. The van der Waals surface area contributed by atoms with E-state index in [9.17, 15) is 14.0 Å². The molecule has 2 aromatic carbocycles. The normalized spacial score (nSPS) is 15.1. The van der Waals surface area contributed by atoms with Crippen molar-refractivity contribution >= 4 is 11.8 Å². The van der Waals surface area contributed by atoms with Gasteiger partial charge in [-0.1, -0.05) is 25.1 Å². The van der Waals surface area contributed by atoms with Gasteiger partial charge in [0.2, 0.25) is 5.91 Å². The third-order valence-electron chi connectivity index (χ3n) is 5.74. The van der Waals surface area contributed by atoms with Gasteiger partial charge < -0.3 is 19.4 Å². The Kier molecular flexibility index (Phi) is 6.77. The fourth-order valence-electron chi connectivity index (χ4n) is 4.17. The Balaban J connectivity index is 1.60. The van der Waals surface area contributed by atoms with Gasteiger partial charge in [0.25, 0.3) is 5.91 Å². The average Bonchev–Trinajstić information content (AvgIpc) is 3.31. The first kappa shape index (κ1) is 22.6. The van der Waals surface area contributed by atoms with Crippen molar-refractivity contribution in [1.29, 1.82) is 0 Å². The molecule has 1 aromatic heterocycles. The van der Waals surface area contributed by atoms with E-state index >= 15 is 0 Å². The van der Waals surface area contributed by atoms with Gasteiger partial charge in [0.1, 0.15) is 23.9 Å².